The Kier molecular flexibility index (Phi) is 4.86. The maximum Gasteiger partial charge on any atom is 0.123 e. The van der Waals surface area contributed by atoms with Gasteiger partial charge in [-0.15, -0.1) is 11.8 Å². The summed E-state index contributed by atoms with van der Waals surface area (Å²) in [5.41, 5.74) is 6.86. The van der Waals surface area contributed by atoms with Gasteiger partial charge in [-0.2, -0.15) is 0 Å². The Morgan fingerprint density at radius 1 is 1.29 bits per heavy atom. The molecule has 0 bridgehead atoms. The van der Waals surface area contributed by atoms with Crippen LogP contribution in [-0.4, -0.2) is 11.8 Å². The molecule has 0 spiro atoms. The fourth-order valence-corrected chi connectivity index (χ4v) is 3.90. The molecule has 1 aromatic carbocycles. The number of halogens is 1. The van der Waals surface area contributed by atoms with Crippen LogP contribution in [0.2, 0.25) is 0 Å². The third kappa shape index (κ3) is 3.71. The van der Waals surface area contributed by atoms with E-state index in [1.165, 1.54) is 38.2 Å². The van der Waals surface area contributed by atoms with E-state index in [1.807, 2.05) is 17.8 Å². The topological polar surface area (TPSA) is 26.0 Å². The van der Waals surface area contributed by atoms with Crippen LogP contribution in [-0.2, 0) is 0 Å². The van der Waals surface area contributed by atoms with Crippen molar-refractivity contribution in [2.45, 2.75) is 42.6 Å². The van der Waals surface area contributed by atoms with E-state index in [2.05, 4.69) is 0 Å². The van der Waals surface area contributed by atoms with Crippen molar-refractivity contribution in [3.05, 3.63) is 35.6 Å². The minimum atomic E-state index is -0.162. The van der Waals surface area contributed by atoms with Gasteiger partial charge in [0.25, 0.3) is 0 Å². The lowest BCUT2D eigenvalue weighted by molar-refractivity contribution is 0.515. The van der Waals surface area contributed by atoms with Gasteiger partial charge in [-0.1, -0.05) is 31.4 Å². The second-order valence-electron chi connectivity index (χ2n) is 4.68. The molecule has 1 aliphatic carbocycles. The molecule has 0 heterocycles. The average Bonchev–Trinajstić information content (AvgIpc) is 2.37. The molecule has 1 fully saturated rings. The van der Waals surface area contributed by atoms with E-state index in [1.54, 1.807) is 12.1 Å². The van der Waals surface area contributed by atoms with Crippen molar-refractivity contribution in [1.82, 2.24) is 0 Å². The van der Waals surface area contributed by atoms with Crippen molar-refractivity contribution in [3.8, 4) is 0 Å². The Labute approximate surface area is 107 Å². The van der Waals surface area contributed by atoms with E-state index in [0.29, 0.717) is 11.8 Å². The van der Waals surface area contributed by atoms with Gasteiger partial charge < -0.3 is 5.73 Å². The standard InChI is InChI=1S/C14H20FNS/c15-12-6-4-5-11(9-12)14(10-16)17-13-7-2-1-3-8-13/h4-6,9,13-14H,1-3,7-8,10,16H2. The van der Waals surface area contributed by atoms with Crippen LogP contribution in [0.1, 0.15) is 42.9 Å². The molecule has 2 rings (SSSR count). The summed E-state index contributed by atoms with van der Waals surface area (Å²) in [5.74, 6) is -0.162. The van der Waals surface area contributed by atoms with Gasteiger partial charge in [0, 0.05) is 17.0 Å². The van der Waals surface area contributed by atoms with Gasteiger partial charge >= 0.3 is 0 Å². The van der Waals surface area contributed by atoms with Crippen molar-refractivity contribution >= 4 is 11.8 Å². The second kappa shape index (κ2) is 6.41. The summed E-state index contributed by atoms with van der Waals surface area (Å²) in [7, 11) is 0. The molecule has 0 saturated heterocycles. The monoisotopic (exact) mass is 253 g/mol. The Balaban J connectivity index is 2.00. The van der Waals surface area contributed by atoms with Gasteiger partial charge in [-0.25, -0.2) is 4.39 Å². The molecule has 1 aliphatic rings. The summed E-state index contributed by atoms with van der Waals surface area (Å²) in [4.78, 5) is 0. The van der Waals surface area contributed by atoms with Gasteiger partial charge in [0.15, 0.2) is 0 Å². The zero-order valence-electron chi connectivity index (χ0n) is 10.1. The molecule has 94 valence electrons. The Morgan fingerprint density at radius 2 is 2.06 bits per heavy atom. The van der Waals surface area contributed by atoms with Gasteiger partial charge in [0.2, 0.25) is 0 Å². The molecular formula is C14H20FNS. The van der Waals surface area contributed by atoms with Crippen molar-refractivity contribution in [3.63, 3.8) is 0 Å². The van der Waals surface area contributed by atoms with Crippen LogP contribution in [0.3, 0.4) is 0 Å². The van der Waals surface area contributed by atoms with E-state index in [-0.39, 0.29) is 11.1 Å². The van der Waals surface area contributed by atoms with Crippen molar-refractivity contribution in [2.75, 3.05) is 6.54 Å². The van der Waals surface area contributed by atoms with Gasteiger partial charge in [0.05, 0.1) is 0 Å². The third-order valence-electron chi connectivity index (χ3n) is 3.34. The summed E-state index contributed by atoms with van der Waals surface area (Å²) in [5, 5.41) is 0.953. The maximum absolute atomic E-state index is 13.2. The second-order valence-corrected chi connectivity index (χ2v) is 6.18. The van der Waals surface area contributed by atoms with E-state index < -0.39 is 0 Å². The lowest BCUT2D eigenvalue weighted by Crippen LogP contribution is -2.16. The number of thioether (sulfide) groups is 1. The van der Waals surface area contributed by atoms with Crippen LogP contribution in [0.4, 0.5) is 4.39 Å². The molecule has 1 unspecified atom stereocenters. The zero-order valence-corrected chi connectivity index (χ0v) is 10.9. The largest absolute Gasteiger partial charge is 0.329 e. The van der Waals surface area contributed by atoms with Crippen molar-refractivity contribution in [2.24, 2.45) is 5.73 Å². The number of benzene rings is 1. The molecule has 3 heteroatoms. The molecule has 1 atom stereocenters. The number of hydrogen-bond acceptors (Lipinski definition) is 2. The fourth-order valence-electron chi connectivity index (χ4n) is 2.41. The van der Waals surface area contributed by atoms with Gasteiger partial charge in [-0.05, 0) is 30.5 Å². The normalized spacial score (nSPS) is 19.2. The van der Waals surface area contributed by atoms with Crippen LogP contribution in [0.5, 0.6) is 0 Å². The highest BCUT2D eigenvalue weighted by molar-refractivity contribution is 8.00. The van der Waals surface area contributed by atoms with Crippen LogP contribution in [0.15, 0.2) is 24.3 Å². The Morgan fingerprint density at radius 3 is 2.71 bits per heavy atom. The highest BCUT2D eigenvalue weighted by Crippen LogP contribution is 2.38. The summed E-state index contributed by atoms with van der Waals surface area (Å²) >= 11 is 1.94. The van der Waals surface area contributed by atoms with Crippen molar-refractivity contribution in [1.29, 1.82) is 0 Å². The van der Waals surface area contributed by atoms with E-state index in [0.717, 1.165) is 5.56 Å². The lowest BCUT2D eigenvalue weighted by atomic mass is 10.0. The van der Waals surface area contributed by atoms with Crippen molar-refractivity contribution < 1.29 is 4.39 Å². The molecule has 0 aliphatic heterocycles. The molecule has 0 radical (unpaired) electrons. The highest BCUT2D eigenvalue weighted by Gasteiger charge is 2.20. The van der Waals surface area contributed by atoms with E-state index >= 15 is 0 Å². The predicted molar refractivity (Wildman–Crippen MR) is 72.7 cm³/mol. The summed E-state index contributed by atoms with van der Waals surface area (Å²) in [6.07, 6.45) is 6.60. The van der Waals surface area contributed by atoms with Crippen LogP contribution in [0, 0.1) is 5.82 Å². The highest BCUT2D eigenvalue weighted by atomic mass is 32.2. The number of nitrogens with two attached hydrogens (primary N) is 1. The molecule has 0 amide bonds. The Hall–Kier alpha value is -0.540. The SMILES string of the molecule is NCC(SC1CCCCC1)c1cccc(F)c1. The van der Waals surface area contributed by atoms with Crippen LogP contribution in [0.25, 0.3) is 0 Å². The quantitative estimate of drug-likeness (QED) is 0.881. The van der Waals surface area contributed by atoms with Crippen LogP contribution >= 0.6 is 11.8 Å². The van der Waals surface area contributed by atoms with Crippen LogP contribution < -0.4 is 5.73 Å². The van der Waals surface area contributed by atoms with E-state index in [4.69, 9.17) is 5.73 Å². The minimum Gasteiger partial charge on any atom is -0.329 e. The molecule has 0 aromatic heterocycles. The number of rotatable bonds is 4. The maximum atomic E-state index is 13.2. The molecule has 1 aromatic rings. The lowest BCUT2D eigenvalue weighted by Gasteiger charge is -2.25. The molecule has 1 saturated carbocycles. The van der Waals surface area contributed by atoms with Gasteiger partial charge in [-0.3, -0.25) is 0 Å². The first-order chi connectivity index (χ1) is 8.29. The fraction of sp³-hybridized carbons (Fsp3) is 0.571. The summed E-state index contributed by atoms with van der Waals surface area (Å²) < 4.78 is 13.2. The zero-order chi connectivity index (χ0) is 12.1. The first-order valence-electron chi connectivity index (χ1n) is 6.40. The predicted octanol–water partition coefficient (Wildman–Crippen LogP) is 3.89. The summed E-state index contributed by atoms with van der Waals surface area (Å²) in [6, 6.07) is 6.86. The Bertz CT molecular complexity index is 350. The first kappa shape index (κ1) is 12.9. The average molecular weight is 253 g/mol. The third-order valence-corrected chi connectivity index (χ3v) is 4.99. The summed E-state index contributed by atoms with van der Waals surface area (Å²) in [6.45, 7) is 0.588. The molecule has 1 nitrogen and oxygen atoms in total. The molecule has 2 N–H and O–H groups in total. The first-order valence-corrected chi connectivity index (χ1v) is 7.35. The molecule has 17 heavy (non-hydrogen) atoms. The van der Waals surface area contributed by atoms with Gasteiger partial charge in [0.1, 0.15) is 5.82 Å². The van der Waals surface area contributed by atoms with E-state index in [9.17, 15) is 4.39 Å². The molecular weight excluding hydrogens is 233 g/mol. The minimum absolute atomic E-state index is 0.162. The smallest absolute Gasteiger partial charge is 0.123 e. The number of hydrogen-bond donors (Lipinski definition) is 1.